The van der Waals surface area contributed by atoms with Crippen molar-refractivity contribution in [3.8, 4) is 22.3 Å². The number of fused-ring (bicyclic) bond motifs is 2. The molecule has 0 saturated heterocycles. The van der Waals surface area contributed by atoms with E-state index in [0.717, 1.165) is 0 Å². The molecular formula is C45H48HfSi. The van der Waals surface area contributed by atoms with Gasteiger partial charge in [0.1, 0.15) is 0 Å². The molecule has 2 unspecified atom stereocenters. The Kier molecular flexibility index (Phi) is 8.42. The Morgan fingerprint density at radius 3 is 1.45 bits per heavy atom. The molecule has 5 aromatic rings. The Balaban J connectivity index is 1.41. The molecule has 0 saturated carbocycles. The van der Waals surface area contributed by atoms with Gasteiger partial charge in [0.15, 0.2) is 0 Å². The standard InChI is InChI=1S/2C17H15.C9H12Si.2CH3.Hf/c2*1-12-9-13(2)11-15(10-12)17-8-4-6-14-5-3-7-16(14)17;1-10-8-7-9-5-3-2-4-6-9;;;/h2*3-11H,1-2H3;2-6H,7-8H2,1H3;2*1H3;. The van der Waals surface area contributed by atoms with Crippen molar-refractivity contribution in [2.45, 2.75) is 63.4 Å². The van der Waals surface area contributed by atoms with E-state index in [9.17, 15) is 0 Å². The minimum atomic E-state index is -3.95. The van der Waals surface area contributed by atoms with Crippen molar-refractivity contribution in [1.29, 1.82) is 0 Å². The van der Waals surface area contributed by atoms with E-state index in [0.29, 0.717) is 7.35 Å². The molecule has 2 heteroatoms. The molecule has 236 valence electrons. The molecule has 2 aliphatic rings. The van der Waals surface area contributed by atoms with Crippen LogP contribution in [0.1, 0.15) is 57.4 Å². The van der Waals surface area contributed by atoms with Crippen molar-refractivity contribution < 1.29 is 17.1 Å². The predicted molar refractivity (Wildman–Crippen MR) is 205 cm³/mol. The van der Waals surface area contributed by atoms with Gasteiger partial charge in [0.25, 0.3) is 0 Å². The fourth-order valence-electron chi connectivity index (χ4n) is 9.08. The summed E-state index contributed by atoms with van der Waals surface area (Å²) in [6.45, 7) is 11.6. The zero-order valence-electron chi connectivity index (χ0n) is 29.2. The van der Waals surface area contributed by atoms with Gasteiger partial charge in [-0.15, -0.1) is 0 Å². The first-order chi connectivity index (χ1) is 22.5. The Morgan fingerprint density at radius 2 is 1.00 bits per heavy atom. The number of rotatable bonds is 7. The molecule has 0 spiro atoms. The molecule has 0 nitrogen and oxygen atoms in total. The van der Waals surface area contributed by atoms with E-state index in [2.05, 4.69) is 171 Å². The van der Waals surface area contributed by atoms with Crippen molar-refractivity contribution in [3.05, 3.63) is 165 Å². The molecule has 47 heavy (non-hydrogen) atoms. The van der Waals surface area contributed by atoms with Crippen LogP contribution < -0.4 is 0 Å². The van der Waals surface area contributed by atoms with Crippen molar-refractivity contribution in [2.75, 3.05) is 0 Å². The zero-order valence-corrected chi connectivity index (χ0v) is 33.8. The Labute approximate surface area is 284 Å². The summed E-state index contributed by atoms with van der Waals surface area (Å²) < 4.78 is 6.79. The Bertz CT molecular complexity index is 1990. The van der Waals surface area contributed by atoms with E-state index < -0.39 is 22.6 Å². The molecule has 0 amide bonds. The fourth-order valence-corrected chi connectivity index (χ4v) is 52.0. The van der Waals surface area contributed by atoms with Crippen molar-refractivity contribution in [1.82, 2.24) is 0 Å². The summed E-state index contributed by atoms with van der Waals surface area (Å²) in [7, 11) is 0. The fraction of sp³-hybridized carbons (Fsp3) is 0.244. The van der Waals surface area contributed by atoms with Crippen LogP contribution in [0, 0.1) is 27.7 Å². The zero-order chi connectivity index (χ0) is 32.9. The Morgan fingerprint density at radius 1 is 0.553 bits per heavy atom. The van der Waals surface area contributed by atoms with Gasteiger partial charge in [-0.3, -0.25) is 0 Å². The number of benzene rings is 5. The molecule has 0 radical (unpaired) electrons. The van der Waals surface area contributed by atoms with E-state index in [-0.39, 0.29) is 0 Å². The van der Waals surface area contributed by atoms with E-state index in [1.54, 1.807) is 11.1 Å². The van der Waals surface area contributed by atoms with Gasteiger partial charge < -0.3 is 0 Å². The summed E-state index contributed by atoms with van der Waals surface area (Å²) in [6.07, 6.45) is 11.5. The van der Waals surface area contributed by atoms with Crippen LogP contribution in [-0.2, 0) is 23.5 Å². The van der Waals surface area contributed by atoms with Crippen LogP contribution in [0.25, 0.3) is 34.4 Å². The molecular weight excluding hydrogens is 747 g/mol. The van der Waals surface area contributed by atoms with E-state index in [4.69, 9.17) is 0 Å². The van der Waals surface area contributed by atoms with Gasteiger partial charge in [-0.05, 0) is 0 Å². The van der Waals surface area contributed by atoms with Gasteiger partial charge in [0, 0.05) is 0 Å². The van der Waals surface area contributed by atoms with Crippen LogP contribution >= 0.6 is 0 Å². The van der Waals surface area contributed by atoms with Gasteiger partial charge >= 0.3 is 286 Å². The predicted octanol–water partition coefficient (Wildman–Crippen LogP) is 12.7. The van der Waals surface area contributed by atoms with Crippen LogP contribution in [-0.4, -0.2) is 5.49 Å². The maximum absolute atomic E-state index is 3.95. The molecule has 0 bridgehead atoms. The quantitative estimate of drug-likeness (QED) is 0.144. The second kappa shape index (κ2) is 12.3. The molecule has 7 rings (SSSR count). The molecule has 0 aromatic heterocycles. The first-order valence-electron chi connectivity index (χ1n) is 17.4. The summed E-state index contributed by atoms with van der Waals surface area (Å²) in [5.74, 6) is 0. The first kappa shape index (κ1) is 32.2. The molecule has 5 aromatic carbocycles. The third kappa shape index (κ3) is 5.66. The maximum atomic E-state index is 2.87. The number of aryl methyl sites for hydroxylation is 5. The summed E-state index contributed by atoms with van der Waals surface area (Å²) in [5, 5.41) is 0. The van der Waals surface area contributed by atoms with Crippen molar-refractivity contribution in [2.24, 2.45) is 0 Å². The first-order valence-corrected chi connectivity index (χ1v) is 36.3. The van der Waals surface area contributed by atoms with E-state index >= 15 is 0 Å². The average molecular weight is 795 g/mol. The van der Waals surface area contributed by atoms with Crippen LogP contribution in [0.5, 0.6) is 0 Å². The summed E-state index contributed by atoms with van der Waals surface area (Å²) in [5.41, 5.74) is 17.6. The molecule has 0 heterocycles. The van der Waals surface area contributed by atoms with Crippen molar-refractivity contribution >= 4 is 17.6 Å². The van der Waals surface area contributed by atoms with Crippen LogP contribution in [0.2, 0.25) is 22.0 Å². The van der Waals surface area contributed by atoms with Crippen molar-refractivity contribution in [3.63, 3.8) is 0 Å². The number of allylic oxidation sites excluding steroid dienone is 2. The third-order valence-electron chi connectivity index (χ3n) is 11.8. The van der Waals surface area contributed by atoms with Gasteiger partial charge in [0.05, 0.1) is 0 Å². The molecule has 0 N–H and O–H groups in total. The van der Waals surface area contributed by atoms with E-state index in [1.165, 1.54) is 73.7 Å². The molecule has 0 aliphatic heterocycles. The summed E-state index contributed by atoms with van der Waals surface area (Å²) >= 11 is -3.95. The van der Waals surface area contributed by atoms with Crippen LogP contribution in [0.15, 0.2) is 115 Å². The SMILES string of the molecule is Cc1cc(C)cc(-c2cccc3c2C=C[CH]3[Hf]([CH3])([CH3])([CH]2C=Cc3c(-c4cc(C)cc(C)c4)cccc32)=[Si](C)CCc2ccccc2)c1. The van der Waals surface area contributed by atoms with Gasteiger partial charge in [0.2, 0.25) is 0 Å². The Hall–Kier alpha value is -3.33. The normalized spacial score (nSPS) is 16.8. The number of hydrogen-bond donors (Lipinski definition) is 0. The second-order valence-corrected chi connectivity index (χ2v) is 62.8. The average Bonchev–Trinajstić information content (AvgIpc) is 3.69. The molecule has 2 aliphatic carbocycles. The topological polar surface area (TPSA) is 0 Å². The molecule has 0 fully saturated rings. The molecule has 2 atom stereocenters. The van der Waals surface area contributed by atoms with Crippen LogP contribution in [0.4, 0.5) is 0 Å². The second-order valence-electron chi connectivity index (χ2n) is 15.4. The third-order valence-corrected chi connectivity index (χ3v) is 69.7. The van der Waals surface area contributed by atoms with E-state index in [1.807, 2.05) is 0 Å². The van der Waals surface area contributed by atoms with Gasteiger partial charge in [-0.2, -0.15) is 0 Å². The minimum absolute atomic E-state index is 0.521. The van der Waals surface area contributed by atoms with Gasteiger partial charge in [-0.1, -0.05) is 0 Å². The van der Waals surface area contributed by atoms with Gasteiger partial charge in [-0.25, -0.2) is 0 Å². The number of hydrogen-bond acceptors (Lipinski definition) is 0. The summed E-state index contributed by atoms with van der Waals surface area (Å²) in [4.78, 5) is 0. The summed E-state index contributed by atoms with van der Waals surface area (Å²) in [6, 6.07) is 40.9. The van der Waals surface area contributed by atoms with Crippen LogP contribution in [0.3, 0.4) is 0 Å². The monoisotopic (exact) mass is 796 g/mol.